The number of carbonyl (C=O) groups excluding carboxylic acids is 1. The van der Waals surface area contributed by atoms with E-state index >= 15 is 0 Å². The highest BCUT2D eigenvalue weighted by Crippen LogP contribution is 2.26. The van der Waals surface area contributed by atoms with E-state index in [1.165, 1.54) is 23.1 Å². The number of aromatic nitrogens is 2. The third-order valence-corrected chi connectivity index (χ3v) is 5.46. The minimum absolute atomic E-state index is 0.0969. The summed E-state index contributed by atoms with van der Waals surface area (Å²) in [7, 11) is 0. The molecule has 1 heterocycles. The van der Waals surface area contributed by atoms with Gasteiger partial charge in [-0.05, 0) is 31.2 Å². The Balaban J connectivity index is 1.78. The SMILES string of the molecule is C=CCSc1nnc(NC(=O)CSc2ccc(OCC)cc2)s1. The topological polar surface area (TPSA) is 64.1 Å². The number of benzene rings is 1. The average Bonchev–Trinajstić information content (AvgIpc) is 3.00. The van der Waals surface area contributed by atoms with Gasteiger partial charge in [0.1, 0.15) is 5.75 Å². The van der Waals surface area contributed by atoms with E-state index < -0.39 is 0 Å². The quantitative estimate of drug-likeness (QED) is 0.411. The summed E-state index contributed by atoms with van der Waals surface area (Å²) in [6.07, 6.45) is 1.80. The van der Waals surface area contributed by atoms with E-state index in [4.69, 9.17) is 4.74 Å². The largest absolute Gasteiger partial charge is 0.494 e. The molecule has 0 aliphatic carbocycles. The molecule has 1 aromatic heterocycles. The lowest BCUT2D eigenvalue weighted by Gasteiger charge is -2.04. The van der Waals surface area contributed by atoms with Crippen LogP contribution < -0.4 is 10.1 Å². The van der Waals surface area contributed by atoms with Crippen LogP contribution in [0.15, 0.2) is 46.2 Å². The van der Waals surface area contributed by atoms with Crippen LogP contribution in [0, 0.1) is 0 Å². The molecule has 1 N–H and O–H groups in total. The fourth-order valence-corrected chi connectivity index (χ4v) is 3.78. The normalized spacial score (nSPS) is 10.3. The third-order valence-electron chi connectivity index (χ3n) is 2.48. The van der Waals surface area contributed by atoms with Crippen LogP contribution in [0.5, 0.6) is 5.75 Å². The zero-order chi connectivity index (χ0) is 16.5. The number of carbonyl (C=O) groups is 1. The van der Waals surface area contributed by atoms with Crippen molar-refractivity contribution in [2.75, 3.05) is 23.4 Å². The van der Waals surface area contributed by atoms with E-state index in [9.17, 15) is 4.79 Å². The molecule has 1 amide bonds. The molecule has 5 nitrogen and oxygen atoms in total. The summed E-state index contributed by atoms with van der Waals surface area (Å²) in [5.41, 5.74) is 0. The van der Waals surface area contributed by atoms with Crippen LogP contribution in [0.25, 0.3) is 0 Å². The summed E-state index contributed by atoms with van der Waals surface area (Å²) in [4.78, 5) is 13.0. The Morgan fingerprint density at radius 3 is 2.83 bits per heavy atom. The Kier molecular flexibility index (Phi) is 7.44. The summed E-state index contributed by atoms with van der Waals surface area (Å²) >= 11 is 4.37. The second kappa shape index (κ2) is 9.59. The van der Waals surface area contributed by atoms with Crippen LogP contribution in [0.4, 0.5) is 5.13 Å². The summed E-state index contributed by atoms with van der Waals surface area (Å²) in [5, 5.41) is 11.2. The summed E-state index contributed by atoms with van der Waals surface area (Å²) in [5.74, 6) is 1.83. The van der Waals surface area contributed by atoms with Crippen molar-refractivity contribution in [2.45, 2.75) is 16.2 Å². The molecule has 23 heavy (non-hydrogen) atoms. The van der Waals surface area contributed by atoms with Gasteiger partial charge < -0.3 is 4.74 Å². The van der Waals surface area contributed by atoms with Crippen molar-refractivity contribution < 1.29 is 9.53 Å². The molecule has 2 aromatic rings. The smallest absolute Gasteiger partial charge is 0.236 e. The van der Waals surface area contributed by atoms with E-state index in [1.807, 2.05) is 31.2 Å². The van der Waals surface area contributed by atoms with Gasteiger partial charge in [0.05, 0.1) is 12.4 Å². The molecule has 122 valence electrons. The molecule has 1 aromatic carbocycles. The molecular formula is C15H17N3O2S3. The van der Waals surface area contributed by atoms with E-state index in [0.717, 1.165) is 20.7 Å². The number of rotatable bonds is 9. The maximum Gasteiger partial charge on any atom is 0.236 e. The number of amides is 1. The van der Waals surface area contributed by atoms with Gasteiger partial charge in [-0.15, -0.1) is 28.5 Å². The Morgan fingerprint density at radius 1 is 1.35 bits per heavy atom. The van der Waals surface area contributed by atoms with E-state index in [1.54, 1.807) is 17.8 Å². The molecule has 0 saturated carbocycles. The van der Waals surface area contributed by atoms with Gasteiger partial charge in [-0.1, -0.05) is 29.2 Å². The van der Waals surface area contributed by atoms with Gasteiger partial charge >= 0.3 is 0 Å². The molecule has 0 unspecified atom stereocenters. The molecule has 8 heteroatoms. The molecule has 0 radical (unpaired) electrons. The second-order valence-electron chi connectivity index (χ2n) is 4.21. The van der Waals surface area contributed by atoms with Crippen molar-refractivity contribution in [3.05, 3.63) is 36.9 Å². The van der Waals surface area contributed by atoms with Crippen LogP contribution in [-0.4, -0.2) is 34.2 Å². The summed E-state index contributed by atoms with van der Waals surface area (Å²) in [6, 6.07) is 7.69. The first kappa shape index (κ1) is 17.8. The minimum Gasteiger partial charge on any atom is -0.494 e. The molecule has 0 bridgehead atoms. The fourth-order valence-electron chi connectivity index (χ4n) is 1.55. The van der Waals surface area contributed by atoms with Crippen molar-refractivity contribution in [3.63, 3.8) is 0 Å². The molecule has 0 spiro atoms. The van der Waals surface area contributed by atoms with Gasteiger partial charge in [-0.25, -0.2) is 0 Å². The van der Waals surface area contributed by atoms with Crippen LogP contribution in [-0.2, 0) is 4.79 Å². The highest BCUT2D eigenvalue weighted by Gasteiger charge is 2.09. The molecule has 0 saturated heterocycles. The molecule has 2 rings (SSSR count). The molecular weight excluding hydrogens is 350 g/mol. The molecule has 0 aliphatic rings. The predicted octanol–water partition coefficient (Wildman–Crippen LogP) is 3.95. The van der Waals surface area contributed by atoms with Crippen LogP contribution in [0.1, 0.15) is 6.92 Å². The van der Waals surface area contributed by atoms with Crippen molar-refractivity contribution in [3.8, 4) is 5.75 Å². The lowest BCUT2D eigenvalue weighted by Crippen LogP contribution is -2.13. The Hall–Kier alpha value is -1.51. The first-order valence-corrected chi connectivity index (χ1v) is 9.72. The standard InChI is InChI=1S/C15H17N3O2S3/c1-3-9-21-15-18-17-14(23-15)16-13(19)10-22-12-7-5-11(6-8-12)20-4-2/h3,5-8H,1,4,9-10H2,2H3,(H,16,17,19). The van der Waals surface area contributed by atoms with Crippen molar-refractivity contribution in [1.82, 2.24) is 10.2 Å². The maximum absolute atomic E-state index is 11.9. The monoisotopic (exact) mass is 367 g/mol. The van der Waals surface area contributed by atoms with Crippen LogP contribution >= 0.6 is 34.9 Å². The van der Waals surface area contributed by atoms with Crippen molar-refractivity contribution >= 4 is 45.9 Å². The fraction of sp³-hybridized carbons (Fsp3) is 0.267. The lowest BCUT2D eigenvalue weighted by atomic mass is 10.3. The van der Waals surface area contributed by atoms with Crippen LogP contribution in [0.2, 0.25) is 0 Å². The first-order valence-electron chi connectivity index (χ1n) is 6.94. The van der Waals surface area contributed by atoms with E-state index in [0.29, 0.717) is 17.5 Å². The molecule has 0 fully saturated rings. The van der Waals surface area contributed by atoms with Gasteiger partial charge in [-0.2, -0.15) is 0 Å². The Labute approximate surface area is 147 Å². The maximum atomic E-state index is 11.9. The molecule has 0 aliphatic heterocycles. The highest BCUT2D eigenvalue weighted by atomic mass is 32.2. The first-order chi connectivity index (χ1) is 11.2. The minimum atomic E-state index is -0.0969. The third kappa shape index (κ3) is 6.25. The number of nitrogens with one attached hydrogen (secondary N) is 1. The number of hydrogen-bond donors (Lipinski definition) is 1. The number of nitrogens with zero attached hydrogens (tertiary/aromatic N) is 2. The van der Waals surface area contributed by atoms with E-state index in [2.05, 4.69) is 22.1 Å². The van der Waals surface area contributed by atoms with Crippen molar-refractivity contribution in [2.24, 2.45) is 0 Å². The number of ether oxygens (including phenoxy) is 1. The predicted molar refractivity (Wildman–Crippen MR) is 97.8 cm³/mol. The number of thioether (sulfide) groups is 2. The zero-order valence-corrected chi connectivity index (χ0v) is 15.1. The lowest BCUT2D eigenvalue weighted by molar-refractivity contribution is -0.113. The Morgan fingerprint density at radius 2 is 2.13 bits per heavy atom. The van der Waals surface area contributed by atoms with Gasteiger partial charge in [-0.3, -0.25) is 10.1 Å². The number of hydrogen-bond acceptors (Lipinski definition) is 7. The van der Waals surface area contributed by atoms with Crippen LogP contribution in [0.3, 0.4) is 0 Å². The molecule has 0 atom stereocenters. The van der Waals surface area contributed by atoms with Gasteiger partial charge in [0, 0.05) is 10.6 Å². The Bertz CT molecular complexity index is 644. The van der Waals surface area contributed by atoms with Gasteiger partial charge in [0.15, 0.2) is 4.34 Å². The summed E-state index contributed by atoms with van der Waals surface area (Å²) in [6.45, 7) is 6.24. The van der Waals surface area contributed by atoms with E-state index in [-0.39, 0.29) is 5.91 Å². The number of anilines is 1. The van der Waals surface area contributed by atoms with Gasteiger partial charge in [0.2, 0.25) is 11.0 Å². The summed E-state index contributed by atoms with van der Waals surface area (Å²) < 4.78 is 6.20. The van der Waals surface area contributed by atoms with Gasteiger partial charge in [0.25, 0.3) is 0 Å². The van der Waals surface area contributed by atoms with Crippen molar-refractivity contribution in [1.29, 1.82) is 0 Å². The highest BCUT2D eigenvalue weighted by molar-refractivity contribution is 8.01. The average molecular weight is 368 g/mol. The second-order valence-corrected chi connectivity index (χ2v) is 7.51. The zero-order valence-electron chi connectivity index (χ0n) is 12.7.